The number of anilines is 1. The van der Waals surface area contributed by atoms with Gasteiger partial charge in [-0.1, -0.05) is 0 Å². The third-order valence-corrected chi connectivity index (χ3v) is 6.86. The molecule has 0 unspecified atom stereocenters. The number of alkyl halides is 3. The highest BCUT2D eigenvalue weighted by Crippen LogP contribution is 2.28. The molecule has 0 spiro atoms. The number of aliphatic carboxylic acids is 1. The van der Waals surface area contributed by atoms with Crippen LogP contribution in [0.2, 0.25) is 0 Å². The maximum absolute atomic E-state index is 12.9. The minimum Gasteiger partial charge on any atom is -0.480 e. The van der Waals surface area contributed by atoms with E-state index in [2.05, 4.69) is 14.1 Å². The zero-order valence-corrected chi connectivity index (χ0v) is 16.5. The van der Waals surface area contributed by atoms with E-state index >= 15 is 0 Å². The second kappa shape index (κ2) is 7.76. The van der Waals surface area contributed by atoms with Gasteiger partial charge in [-0.3, -0.25) is 4.79 Å². The number of sulfonamides is 1. The molecule has 1 aromatic carbocycles. The molecule has 2 heterocycles. The van der Waals surface area contributed by atoms with Crippen LogP contribution in [0, 0.1) is 6.92 Å². The number of halogens is 3. The number of hydrogen-bond donors (Lipinski definition) is 1. The molecule has 0 bridgehead atoms. The number of carbonyl (C=O) groups is 1. The fraction of sp³-hybridized carbons (Fsp3) is 0.400. The molecular formula is C15H15F3N4O5S2. The number of hydrogen-bond acceptors (Lipinski definition) is 8. The van der Waals surface area contributed by atoms with Gasteiger partial charge in [0, 0.05) is 31.2 Å². The Bertz CT molecular complexity index is 994. The van der Waals surface area contributed by atoms with E-state index in [4.69, 9.17) is 0 Å². The molecule has 1 fully saturated rings. The molecule has 9 nitrogen and oxygen atoms in total. The number of piperazine rings is 1. The highest BCUT2D eigenvalue weighted by molar-refractivity contribution is 7.89. The maximum Gasteiger partial charge on any atom is 0.573 e. The Kier molecular flexibility index (Phi) is 5.69. The molecule has 0 aliphatic carbocycles. The largest absolute Gasteiger partial charge is 0.573 e. The van der Waals surface area contributed by atoms with Gasteiger partial charge in [-0.25, -0.2) is 13.4 Å². The molecule has 1 saturated heterocycles. The molecule has 1 aliphatic rings. The summed E-state index contributed by atoms with van der Waals surface area (Å²) >= 11 is 1.08. The van der Waals surface area contributed by atoms with Crippen molar-refractivity contribution in [2.75, 3.05) is 24.5 Å². The molecule has 1 atom stereocenters. The minimum atomic E-state index is -4.91. The third kappa shape index (κ3) is 4.76. The van der Waals surface area contributed by atoms with Crippen molar-refractivity contribution in [3.8, 4) is 5.75 Å². The molecule has 1 aromatic heterocycles. The van der Waals surface area contributed by atoms with Gasteiger partial charge in [0.05, 0.1) is 4.90 Å². The standard InChI is InChI=1S/C15H15F3N4O5S2/c1-9-19-14(28-20-9)21-6-7-22(12(8-21)13(23)24)29(25,26)11-4-2-10(3-5-11)27-15(16,17)18/h2-5,12H,6-8H2,1H3,(H,23,24)/t12-/m1/s1. The lowest BCUT2D eigenvalue weighted by Gasteiger charge is -2.38. The average molecular weight is 452 g/mol. The molecule has 1 aliphatic heterocycles. The van der Waals surface area contributed by atoms with Crippen LogP contribution < -0.4 is 9.64 Å². The second-order valence-corrected chi connectivity index (χ2v) is 8.68. The van der Waals surface area contributed by atoms with E-state index in [9.17, 15) is 31.5 Å². The first kappa shape index (κ1) is 21.3. The summed E-state index contributed by atoms with van der Waals surface area (Å²) in [6.07, 6.45) is -4.91. The third-order valence-electron chi connectivity index (χ3n) is 4.07. The Labute approximate surface area is 167 Å². The van der Waals surface area contributed by atoms with Crippen LogP contribution in [-0.2, 0) is 14.8 Å². The first-order valence-corrected chi connectivity index (χ1v) is 10.3. The molecule has 29 heavy (non-hydrogen) atoms. The van der Waals surface area contributed by atoms with Gasteiger partial charge in [-0.05, 0) is 31.2 Å². The van der Waals surface area contributed by atoms with Crippen LogP contribution in [0.1, 0.15) is 5.82 Å². The lowest BCUT2D eigenvalue weighted by Crippen LogP contribution is -2.58. The van der Waals surface area contributed by atoms with Crippen molar-refractivity contribution in [2.24, 2.45) is 0 Å². The molecule has 0 saturated carbocycles. The summed E-state index contributed by atoms with van der Waals surface area (Å²) < 4.78 is 71.1. The topological polar surface area (TPSA) is 113 Å². The predicted molar refractivity (Wildman–Crippen MR) is 95.3 cm³/mol. The fourth-order valence-corrected chi connectivity index (χ4v) is 5.07. The van der Waals surface area contributed by atoms with E-state index in [-0.39, 0.29) is 24.5 Å². The van der Waals surface area contributed by atoms with Gasteiger partial charge in [-0.2, -0.15) is 8.68 Å². The maximum atomic E-state index is 12.9. The Hall–Kier alpha value is -2.45. The summed E-state index contributed by atoms with van der Waals surface area (Å²) in [5, 5.41) is 10.0. The van der Waals surface area contributed by atoms with Crippen LogP contribution in [0.3, 0.4) is 0 Å². The van der Waals surface area contributed by atoms with E-state index in [1.165, 1.54) is 0 Å². The number of carboxylic acids is 1. The van der Waals surface area contributed by atoms with E-state index in [0.29, 0.717) is 11.0 Å². The summed E-state index contributed by atoms with van der Waals surface area (Å²) in [6, 6.07) is 2.20. The van der Waals surface area contributed by atoms with Gasteiger partial charge < -0.3 is 14.7 Å². The van der Waals surface area contributed by atoms with Crippen molar-refractivity contribution in [3.63, 3.8) is 0 Å². The van der Waals surface area contributed by atoms with E-state index in [1.807, 2.05) is 0 Å². The van der Waals surface area contributed by atoms with E-state index < -0.39 is 34.1 Å². The monoisotopic (exact) mass is 452 g/mol. The number of ether oxygens (including phenoxy) is 1. The Morgan fingerprint density at radius 1 is 1.28 bits per heavy atom. The van der Waals surface area contributed by atoms with Gasteiger partial charge in [0.1, 0.15) is 17.6 Å². The minimum absolute atomic E-state index is 0.140. The van der Waals surface area contributed by atoms with Gasteiger partial charge in [-0.15, -0.1) is 13.2 Å². The molecule has 158 valence electrons. The van der Waals surface area contributed by atoms with Crippen LogP contribution in [-0.4, -0.2) is 65.2 Å². The van der Waals surface area contributed by atoms with Crippen LogP contribution in [0.25, 0.3) is 0 Å². The Balaban J connectivity index is 1.83. The first-order valence-electron chi connectivity index (χ1n) is 8.13. The van der Waals surface area contributed by atoms with Crippen LogP contribution in [0.15, 0.2) is 29.2 Å². The van der Waals surface area contributed by atoms with Gasteiger partial charge in [0.25, 0.3) is 0 Å². The van der Waals surface area contributed by atoms with Crippen LogP contribution in [0.4, 0.5) is 18.3 Å². The van der Waals surface area contributed by atoms with Crippen molar-refractivity contribution in [3.05, 3.63) is 30.1 Å². The van der Waals surface area contributed by atoms with Crippen molar-refractivity contribution in [1.29, 1.82) is 0 Å². The average Bonchev–Trinajstić information content (AvgIpc) is 3.06. The van der Waals surface area contributed by atoms with Crippen LogP contribution >= 0.6 is 11.5 Å². The quantitative estimate of drug-likeness (QED) is 0.730. The number of benzene rings is 1. The summed E-state index contributed by atoms with van der Waals surface area (Å²) in [7, 11) is -4.26. The molecular weight excluding hydrogens is 437 g/mol. The molecule has 14 heteroatoms. The predicted octanol–water partition coefficient (Wildman–Crippen LogP) is 1.71. The number of aryl methyl sites for hydroxylation is 1. The summed E-state index contributed by atoms with van der Waals surface area (Å²) in [4.78, 5) is 17.2. The van der Waals surface area contributed by atoms with Crippen molar-refractivity contribution < 1.29 is 36.2 Å². The van der Waals surface area contributed by atoms with Crippen molar-refractivity contribution in [1.82, 2.24) is 13.7 Å². The summed E-state index contributed by atoms with van der Waals surface area (Å²) in [6.45, 7) is 1.59. The molecule has 3 rings (SSSR count). The van der Waals surface area contributed by atoms with Crippen molar-refractivity contribution in [2.45, 2.75) is 24.2 Å². The molecule has 0 amide bonds. The van der Waals surface area contributed by atoms with Crippen molar-refractivity contribution >= 4 is 32.7 Å². The van der Waals surface area contributed by atoms with Gasteiger partial charge in [0.15, 0.2) is 0 Å². The highest BCUT2D eigenvalue weighted by atomic mass is 32.2. The SMILES string of the molecule is Cc1nsc(N2CCN(S(=O)(=O)c3ccc(OC(F)(F)F)cc3)[C@@H](C(=O)O)C2)n1. The first-order chi connectivity index (χ1) is 13.5. The number of rotatable bonds is 5. The summed E-state index contributed by atoms with van der Waals surface area (Å²) in [5.41, 5.74) is 0. The second-order valence-electron chi connectivity index (χ2n) is 6.06. The summed E-state index contributed by atoms with van der Waals surface area (Å²) in [5.74, 6) is -1.41. The Morgan fingerprint density at radius 3 is 2.45 bits per heavy atom. The zero-order valence-electron chi connectivity index (χ0n) is 14.8. The van der Waals surface area contributed by atoms with Gasteiger partial charge >= 0.3 is 12.3 Å². The number of nitrogens with zero attached hydrogens (tertiary/aromatic N) is 4. The van der Waals surface area contributed by atoms with Gasteiger partial charge in [0.2, 0.25) is 15.2 Å². The lowest BCUT2D eigenvalue weighted by atomic mass is 10.2. The zero-order chi connectivity index (χ0) is 21.4. The lowest BCUT2D eigenvalue weighted by molar-refractivity contribution is -0.274. The Morgan fingerprint density at radius 2 is 1.93 bits per heavy atom. The molecule has 1 N–H and O–H groups in total. The fourth-order valence-electron chi connectivity index (χ4n) is 2.79. The van der Waals surface area contributed by atoms with Crippen LogP contribution in [0.5, 0.6) is 5.75 Å². The molecule has 2 aromatic rings. The van der Waals surface area contributed by atoms with E-state index in [1.54, 1.807) is 11.8 Å². The highest BCUT2D eigenvalue weighted by Gasteiger charge is 2.41. The van der Waals surface area contributed by atoms with E-state index in [0.717, 1.165) is 40.1 Å². The number of aromatic nitrogens is 2. The number of carboxylic acid groups (broad SMARTS) is 1. The molecule has 0 radical (unpaired) electrons. The normalized spacial score (nSPS) is 18.6. The smallest absolute Gasteiger partial charge is 0.480 e.